The van der Waals surface area contributed by atoms with Crippen LogP contribution in [0.2, 0.25) is 0 Å². The fourth-order valence-corrected chi connectivity index (χ4v) is 2.34. The second kappa shape index (κ2) is 5.56. The Balaban J connectivity index is 2.06. The zero-order valence-corrected chi connectivity index (χ0v) is 13.0. The predicted molar refractivity (Wildman–Crippen MR) is 79.3 cm³/mol. The molecule has 1 aromatic carbocycles. The molecule has 1 heterocycles. The average Bonchev–Trinajstić information content (AvgIpc) is 2.34. The van der Waals surface area contributed by atoms with Crippen LogP contribution in [0.4, 0.5) is 4.79 Å². The Morgan fingerprint density at radius 3 is 2.52 bits per heavy atom. The van der Waals surface area contributed by atoms with Gasteiger partial charge in [-0.25, -0.2) is 4.79 Å². The van der Waals surface area contributed by atoms with Crippen molar-refractivity contribution in [2.24, 2.45) is 0 Å². The summed E-state index contributed by atoms with van der Waals surface area (Å²) in [5.41, 5.74) is -0.886. The van der Waals surface area contributed by atoms with Gasteiger partial charge in [-0.1, -0.05) is 18.2 Å². The van der Waals surface area contributed by atoms with E-state index in [-0.39, 0.29) is 13.1 Å². The molecule has 0 spiro atoms. The van der Waals surface area contributed by atoms with Gasteiger partial charge in [-0.3, -0.25) is 0 Å². The van der Waals surface area contributed by atoms with Crippen molar-refractivity contribution in [2.75, 3.05) is 19.7 Å². The number of likely N-dealkylation sites (tertiary alicyclic amines) is 1. The average molecular weight is 293 g/mol. The molecule has 1 aromatic rings. The first-order chi connectivity index (χ1) is 9.75. The fraction of sp³-hybridized carbons (Fsp3) is 0.562. The number of hydrogen-bond donors (Lipinski definition) is 1. The summed E-state index contributed by atoms with van der Waals surface area (Å²) in [7, 11) is 0. The number of β-amino-alcohol motifs (C(OH)–C–C–N with tert-alkyl or cyclic N) is 1. The number of carbonyl (C=O) groups excluding carboxylic acids is 1. The van der Waals surface area contributed by atoms with Crippen LogP contribution in [0.1, 0.15) is 33.3 Å². The van der Waals surface area contributed by atoms with Crippen molar-refractivity contribution in [1.29, 1.82) is 0 Å². The molecule has 2 rings (SSSR count). The number of benzene rings is 1. The van der Waals surface area contributed by atoms with Gasteiger partial charge in [0.05, 0.1) is 19.7 Å². The summed E-state index contributed by atoms with van der Waals surface area (Å²) in [5, 5.41) is 10.7. The Kier molecular flexibility index (Phi) is 4.14. The molecule has 21 heavy (non-hydrogen) atoms. The van der Waals surface area contributed by atoms with E-state index < -0.39 is 17.3 Å². The van der Waals surface area contributed by atoms with Gasteiger partial charge in [0.2, 0.25) is 0 Å². The molecule has 0 radical (unpaired) electrons. The third-order valence-electron chi connectivity index (χ3n) is 3.24. The number of rotatable bonds is 3. The summed E-state index contributed by atoms with van der Waals surface area (Å²) in [6.45, 7) is 8.32. The van der Waals surface area contributed by atoms with Crippen molar-refractivity contribution in [3.8, 4) is 5.75 Å². The molecule has 5 nitrogen and oxygen atoms in total. The van der Waals surface area contributed by atoms with Crippen LogP contribution in [-0.4, -0.2) is 41.4 Å². The lowest BCUT2D eigenvalue weighted by molar-refractivity contribution is -0.104. The molecule has 0 bridgehead atoms. The minimum atomic E-state index is -1.07. The summed E-state index contributed by atoms with van der Waals surface area (Å²) in [5.74, 6) is 0.659. The number of hydrogen-bond acceptors (Lipinski definition) is 4. The molecular weight excluding hydrogens is 270 g/mol. The van der Waals surface area contributed by atoms with Crippen LogP contribution in [0.3, 0.4) is 0 Å². The highest BCUT2D eigenvalue weighted by Crippen LogP contribution is 2.37. The number of para-hydroxylation sites is 1. The molecule has 1 aliphatic heterocycles. The number of carbonyl (C=O) groups is 1. The molecule has 0 aliphatic carbocycles. The smallest absolute Gasteiger partial charge is 0.410 e. The molecule has 1 saturated heterocycles. The Labute approximate surface area is 125 Å². The van der Waals surface area contributed by atoms with E-state index in [1.807, 2.05) is 52.0 Å². The summed E-state index contributed by atoms with van der Waals surface area (Å²) in [6.07, 6.45) is -0.402. The topological polar surface area (TPSA) is 59.0 Å². The first kappa shape index (κ1) is 15.6. The minimum Gasteiger partial charge on any atom is -0.493 e. The molecule has 1 aliphatic rings. The SMILES string of the molecule is CCOc1ccccc1C1(O)CN(C(=O)OC(C)(C)C)C1. The van der Waals surface area contributed by atoms with E-state index in [2.05, 4.69) is 0 Å². The molecular formula is C16H23NO4. The molecule has 116 valence electrons. The number of aliphatic hydroxyl groups is 1. The van der Waals surface area contributed by atoms with Crippen molar-refractivity contribution in [1.82, 2.24) is 4.90 Å². The number of amides is 1. The van der Waals surface area contributed by atoms with E-state index in [1.165, 1.54) is 4.90 Å². The third kappa shape index (κ3) is 3.47. The molecule has 0 unspecified atom stereocenters. The van der Waals surface area contributed by atoms with E-state index >= 15 is 0 Å². The van der Waals surface area contributed by atoms with Gasteiger partial charge in [0.15, 0.2) is 0 Å². The Morgan fingerprint density at radius 1 is 1.33 bits per heavy atom. The highest BCUT2D eigenvalue weighted by Gasteiger charge is 2.47. The Hall–Kier alpha value is -1.75. The van der Waals surface area contributed by atoms with Crippen molar-refractivity contribution in [3.05, 3.63) is 29.8 Å². The van der Waals surface area contributed by atoms with Gasteiger partial charge in [0.25, 0.3) is 0 Å². The molecule has 5 heteroatoms. The van der Waals surface area contributed by atoms with Gasteiger partial charge in [0, 0.05) is 5.56 Å². The van der Waals surface area contributed by atoms with E-state index in [9.17, 15) is 9.90 Å². The molecule has 1 amide bonds. The summed E-state index contributed by atoms with van der Waals surface area (Å²) in [4.78, 5) is 13.4. The van der Waals surface area contributed by atoms with Crippen LogP contribution < -0.4 is 4.74 Å². The van der Waals surface area contributed by atoms with E-state index in [1.54, 1.807) is 0 Å². The summed E-state index contributed by atoms with van der Waals surface area (Å²) < 4.78 is 10.8. The normalized spacial score (nSPS) is 17.1. The van der Waals surface area contributed by atoms with E-state index in [0.717, 1.165) is 0 Å². The van der Waals surface area contributed by atoms with Crippen molar-refractivity contribution >= 4 is 6.09 Å². The largest absolute Gasteiger partial charge is 0.493 e. The lowest BCUT2D eigenvalue weighted by Gasteiger charge is -2.46. The summed E-state index contributed by atoms with van der Waals surface area (Å²) in [6, 6.07) is 7.37. The standard InChI is InChI=1S/C16H23NO4/c1-5-20-13-9-7-6-8-12(13)16(19)10-17(11-16)14(18)21-15(2,3)4/h6-9,19H,5,10-11H2,1-4H3. The molecule has 0 saturated carbocycles. The van der Waals surface area contributed by atoms with Gasteiger partial charge in [-0.2, -0.15) is 0 Å². The van der Waals surface area contributed by atoms with Crippen LogP contribution in [0.15, 0.2) is 24.3 Å². The maximum atomic E-state index is 11.9. The zero-order chi connectivity index (χ0) is 15.7. The molecule has 1 fully saturated rings. The van der Waals surface area contributed by atoms with Gasteiger partial charge >= 0.3 is 6.09 Å². The first-order valence-electron chi connectivity index (χ1n) is 7.18. The van der Waals surface area contributed by atoms with Gasteiger partial charge in [0.1, 0.15) is 17.0 Å². The maximum Gasteiger partial charge on any atom is 0.410 e. The predicted octanol–water partition coefficient (Wildman–Crippen LogP) is 2.52. The van der Waals surface area contributed by atoms with Crippen molar-refractivity contribution in [2.45, 2.75) is 38.9 Å². The Morgan fingerprint density at radius 2 is 1.95 bits per heavy atom. The Bertz CT molecular complexity index is 515. The fourth-order valence-electron chi connectivity index (χ4n) is 2.34. The lowest BCUT2D eigenvalue weighted by Crippen LogP contribution is -2.62. The quantitative estimate of drug-likeness (QED) is 0.930. The van der Waals surface area contributed by atoms with Crippen LogP contribution in [0, 0.1) is 0 Å². The molecule has 0 atom stereocenters. The van der Waals surface area contributed by atoms with Gasteiger partial charge < -0.3 is 19.5 Å². The van der Waals surface area contributed by atoms with Crippen LogP contribution in [-0.2, 0) is 10.3 Å². The molecule has 1 N–H and O–H groups in total. The zero-order valence-electron chi connectivity index (χ0n) is 13.0. The number of ether oxygens (including phenoxy) is 2. The molecule has 0 aromatic heterocycles. The first-order valence-corrected chi connectivity index (χ1v) is 7.18. The van der Waals surface area contributed by atoms with Crippen LogP contribution in [0.5, 0.6) is 5.75 Å². The van der Waals surface area contributed by atoms with Gasteiger partial charge in [-0.15, -0.1) is 0 Å². The van der Waals surface area contributed by atoms with Crippen LogP contribution in [0.25, 0.3) is 0 Å². The maximum absolute atomic E-state index is 11.9. The highest BCUT2D eigenvalue weighted by molar-refractivity contribution is 5.70. The summed E-state index contributed by atoms with van der Waals surface area (Å²) >= 11 is 0. The number of nitrogens with zero attached hydrogens (tertiary/aromatic N) is 1. The second-order valence-electron chi connectivity index (χ2n) is 6.30. The van der Waals surface area contributed by atoms with Crippen molar-refractivity contribution in [3.63, 3.8) is 0 Å². The third-order valence-corrected chi connectivity index (χ3v) is 3.24. The van der Waals surface area contributed by atoms with Crippen LogP contribution >= 0.6 is 0 Å². The second-order valence-corrected chi connectivity index (χ2v) is 6.30. The minimum absolute atomic E-state index is 0.214. The highest BCUT2D eigenvalue weighted by atomic mass is 16.6. The van der Waals surface area contributed by atoms with Crippen molar-refractivity contribution < 1.29 is 19.4 Å². The van der Waals surface area contributed by atoms with E-state index in [4.69, 9.17) is 9.47 Å². The van der Waals surface area contributed by atoms with Gasteiger partial charge in [-0.05, 0) is 33.8 Å². The monoisotopic (exact) mass is 293 g/mol. The lowest BCUT2D eigenvalue weighted by atomic mass is 9.86. The van der Waals surface area contributed by atoms with E-state index in [0.29, 0.717) is 17.9 Å².